The van der Waals surface area contributed by atoms with Crippen LogP contribution >= 0.6 is 0 Å². The first-order chi connectivity index (χ1) is 13.2. The Hall–Kier alpha value is -3.46. The molecule has 2 heterocycles. The molecule has 1 aliphatic heterocycles. The molecule has 4 rings (SSSR count). The molecule has 0 fully saturated rings. The second kappa shape index (κ2) is 6.69. The van der Waals surface area contributed by atoms with E-state index in [1.165, 1.54) is 0 Å². The van der Waals surface area contributed by atoms with Crippen molar-refractivity contribution in [2.75, 3.05) is 7.11 Å². The van der Waals surface area contributed by atoms with Gasteiger partial charge in [-0.2, -0.15) is 5.26 Å². The molecule has 0 bridgehead atoms. The summed E-state index contributed by atoms with van der Waals surface area (Å²) in [6.07, 6.45) is 1.74. The first-order valence-electron chi connectivity index (χ1n) is 8.89. The number of H-pyrrole nitrogens is 1. The van der Waals surface area contributed by atoms with Gasteiger partial charge in [0.05, 0.1) is 18.6 Å². The summed E-state index contributed by atoms with van der Waals surface area (Å²) in [6.45, 7) is 2.10. The standard InChI is InChI=1S/C21H20N4O2/c1-3-6-15-19-18(14(11-22)20(23)27-21(19)25-24-15)17-13-8-5-4-7-12(13)9-10-16(17)26-2/h4-5,7-10,18H,3,6,23H2,1-2H3,(H,24,25)/t18-/m0/s1. The third-order valence-electron chi connectivity index (χ3n) is 4.96. The first-order valence-corrected chi connectivity index (χ1v) is 8.89. The smallest absolute Gasteiger partial charge is 0.244 e. The van der Waals surface area contributed by atoms with E-state index in [4.69, 9.17) is 15.2 Å². The Kier molecular flexibility index (Phi) is 4.21. The molecule has 0 saturated carbocycles. The van der Waals surface area contributed by atoms with Crippen LogP contribution in [0.3, 0.4) is 0 Å². The van der Waals surface area contributed by atoms with Crippen molar-refractivity contribution in [1.29, 1.82) is 5.26 Å². The minimum atomic E-state index is -0.403. The Morgan fingerprint density at radius 3 is 2.81 bits per heavy atom. The molecule has 3 N–H and O–H groups in total. The van der Waals surface area contributed by atoms with Crippen LogP contribution in [0, 0.1) is 11.3 Å². The molecule has 0 amide bonds. The van der Waals surface area contributed by atoms with Crippen molar-refractivity contribution in [3.63, 3.8) is 0 Å². The van der Waals surface area contributed by atoms with Crippen LogP contribution in [0.2, 0.25) is 0 Å². The molecule has 0 saturated heterocycles. The molecule has 0 radical (unpaired) electrons. The number of nitrogens with zero attached hydrogens (tertiary/aromatic N) is 2. The fraction of sp³-hybridized carbons (Fsp3) is 0.238. The van der Waals surface area contributed by atoms with Gasteiger partial charge in [0.25, 0.3) is 0 Å². The lowest BCUT2D eigenvalue weighted by Gasteiger charge is -2.26. The van der Waals surface area contributed by atoms with Crippen molar-refractivity contribution in [3.05, 3.63) is 64.7 Å². The third-order valence-corrected chi connectivity index (χ3v) is 4.96. The van der Waals surface area contributed by atoms with Gasteiger partial charge in [-0.3, -0.25) is 5.10 Å². The number of fused-ring (bicyclic) bond motifs is 2. The summed E-state index contributed by atoms with van der Waals surface area (Å²) in [5, 5.41) is 19.3. The van der Waals surface area contributed by atoms with E-state index in [1.54, 1.807) is 7.11 Å². The van der Waals surface area contributed by atoms with Crippen molar-refractivity contribution < 1.29 is 9.47 Å². The molecule has 6 heteroatoms. The van der Waals surface area contributed by atoms with Gasteiger partial charge in [-0.1, -0.05) is 43.7 Å². The lowest BCUT2D eigenvalue weighted by molar-refractivity contribution is 0.375. The Labute approximate surface area is 157 Å². The SMILES string of the molecule is CCCc1[nH]nc2c1[C@H](c1c(OC)ccc3ccccc13)C(C#N)=C(N)O2. The third kappa shape index (κ3) is 2.59. The van der Waals surface area contributed by atoms with E-state index in [0.717, 1.165) is 40.4 Å². The summed E-state index contributed by atoms with van der Waals surface area (Å²) in [5.41, 5.74) is 9.17. The van der Waals surface area contributed by atoms with Crippen LogP contribution in [0.15, 0.2) is 47.9 Å². The maximum absolute atomic E-state index is 9.87. The van der Waals surface area contributed by atoms with Gasteiger partial charge in [-0.15, -0.1) is 5.10 Å². The monoisotopic (exact) mass is 360 g/mol. The summed E-state index contributed by atoms with van der Waals surface area (Å²) >= 11 is 0. The van der Waals surface area contributed by atoms with Gasteiger partial charge < -0.3 is 15.2 Å². The van der Waals surface area contributed by atoms with Crippen LogP contribution in [0.25, 0.3) is 10.8 Å². The van der Waals surface area contributed by atoms with Crippen molar-refractivity contribution >= 4 is 10.8 Å². The highest BCUT2D eigenvalue weighted by molar-refractivity contribution is 5.90. The van der Waals surface area contributed by atoms with Crippen LogP contribution in [0.1, 0.15) is 36.1 Å². The zero-order chi connectivity index (χ0) is 19.0. The molecule has 1 aliphatic rings. The molecule has 6 nitrogen and oxygen atoms in total. The predicted molar refractivity (Wildman–Crippen MR) is 102 cm³/mol. The summed E-state index contributed by atoms with van der Waals surface area (Å²) < 4.78 is 11.3. The molecule has 3 aromatic rings. The molecule has 1 aromatic heterocycles. The number of nitrogens with one attached hydrogen (secondary N) is 1. The molecule has 0 aliphatic carbocycles. The van der Waals surface area contributed by atoms with E-state index in [0.29, 0.717) is 17.2 Å². The quantitative estimate of drug-likeness (QED) is 0.739. The Morgan fingerprint density at radius 2 is 2.07 bits per heavy atom. The van der Waals surface area contributed by atoms with E-state index in [9.17, 15) is 5.26 Å². The molecule has 27 heavy (non-hydrogen) atoms. The van der Waals surface area contributed by atoms with Crippen LogP contribution in [-0.4, -0.2) is 17.3 Å². The number of nitriles is 1. The zero-order valence-electron chi connectivity index (χ0n) is 15.2. The van der Waals surface area contributed by atoms with Crippen LogP contribution in [0.5, 0.6) is 11.6 Å². The normalized spacial score (nSPS) is 16.0. The summed E-state index contributed by atoms with van der Waals surface area (Å²) in [6, 6.07) is 14.2. The Balaban J connectivity index is 2.08. The van der Waals surface area contributed by atoms with Gasteiger partial charge >= 0.3 is 0 Å². The molecular weight excluding hydrogens is 340 g/mol. The van der Waals surface area contributed by atoms with E-state index in [1.807, 2.05) is 36.4 Å². The zero-order valence-corrected chi connectivity index (χ0v) is 15.2. The lowest BCUT2D eigenvalue weighted by atomic mass is 9.80. The van der Waals surface area contributed by atoms with Gasteiger partial charge in [0.15, 0.2) is 0 Å². The number of aromatic nitrogens is 2. The minimum absolute atomic E-state index is 0.0829. The number of ether oxygens (including phenoxy) is 2. The number of hydrogen-bond donors (Lipinski definition) is 2. The van der Waals surface area contributed by atoms with Crippen molar-refractivity contribution in [1.82, 2.24) is 10.2 Å². The average Bonchev–Trinajstić information content (AvgIpc) is 3.08. The van der Waals surface area contributed by atoms with Gasteiger partial charge in [0.2, 0.25) is 11.8 Å². The van der Waals surface area contributed by atoms with Gasteiger partial charge in [0, 0.05) is 11.3 Å². The van der Waals surface area contributed by atoms with Crippen LogP contribution in [-0.2, 0) is 6.42 Å². The van der Waals surface area contributed by atoms with E-state index in [2.05, 4.69) is 23.2 Å². The maximum Gasteiger partial charge on any atom is 0.244 e. The molecular formula is C21H20N4O2. The van der Waals surface area contributed by atoms with Crippen molar-refractivity contribution in [3.8, 4) is 17.7 Å². The highest BCUT2D eigenvalue weighted by Crippen LogP contribution is 2.48. The highest BCUT2D eigenvalue weighted by Gasteiger charge is 2.37. The maximum atomic E-state index is 9.87. The molecule has 0 unspecified atom stereocenters. The Bertz CT molecular complexity index is 1090. The van der Waals surface area contributed by atoms with Crippen molar-refractivity contribution in [2.45, 2.75) is 25.7 Å². The number of hydrogen-bond acceptors (Lipinski definition) is 5. The number of methoxy groups -OCH3 is 1. The number of aryl methyl sites for hydroxylation is 1. The van der Waals surface area contributed by atoms with Crippen LogP contribution < -0.4 is 15.2 Å². The molecule has 136 valence electrons. The fourth-order valence-corrected chi connectivity index (χ4v) is 3.79. The molecule has 2 aromatic carbocycles. The first kappa shape index (κ1) is 17.0. The molecule has 0 spiro atoms. The Morgan fingerprint density at radius 1 is 1.26 bits per heavy atom. The highest BCUT2D eigenvalue weighted by atomic mass is 16.5. The number of allylic oxidation sites excluding steroid dienone is 1. The number of aromatic amines is 1. The fourth-order valence-electron chi connectivity index (χ4n) is 3.79. The van der Waals surface area contributed by atoms with Gasteiger partial charge in [-0.25, -0.2) is 0 Å². The summed E-state index contributed by atoms with van der Waals surface area (Å²) in [4.78, 5) is 0. The van der Waals surface area contributed by atoms with Gasteiger partial charge in [0.1, 0.15) is 17.4 Å². The number of benzene rings is 2. The van der Waals surface area contributed by atoms with E-state index < -0.39 is 5.92 Å². The number of nitrogens with two attached hydrogens (primary N) is 1. The topological polar surface area (TPSA) is 97.0 Å². The van der Waals surface area contributed by atoms with Crippen molar-refractivity contribution in [2.24, 2.45) is 5.73 Å². The number of rotatable bonds is 4. The summed E-state index contributed by atoms with van der Waals surface area (Å²) in [7, 11) is 1.63. The second-order valence-corrected chi connectivity index (χ2v) is 6.50. The average molecular weight is 360 g/mol. The van der Waals surface area contributed by atoms with Gasteiger partial charge in [-0.05, 0) is 23.3 Å². The van der Waals surface area contributed by atoms with Crippen LogP contribution in [0.4, 0.5) is 0 Å². The molecule has 1 atom stereocenters. The second-order valence-electron chi connectivity index (χ2n) is 6.50. The summed E-state index contributed by atoms with van der Waals surface area (Å²) in [5.74, 6) is 0.810. The minimum Gasteiger partial charge on any atom is -0.496 e. The lowest BCUT2D eigenvalue weighted by Crippen LogP contribution is -2.22. The largest absolute Gasteiger partial charge is 0.496 e. The van der Waals surface area contributed by atoms with E-state index in [-0.39, 0.29) is 5.88 Å². The predicted octanol–water partition coefficient (Wildman–Crippen LogP) is 3.74. The van der Waals surface area contributed by atoms with E-state index >= 15 is 0 Å².